The van der Waals surface area contributed by atoms with E-state index in [1.54, 1.807) is 11.3 Å². The molecular weight excluding hydrogens is 368 g/mol. The van der Waals surface area contributed by atoms with E-state index in [4.69, 9.17) is 0 Å². The minimum absolute atomic E-state index is 0.0986. The Labute approximate surface area is 168 Å². The molecule has 2 unspecified atom stereocenters. The van der Waals surface area contributed by atoms with Crippen molar-refractivity contribution < 1.29 is 4.79 Å². The summed E-state index contributed by atoms with van der Waals surface area (Å²) in [6.45, 7) is 2.26. The van der Waals surface area contributed by atoms with Crippen molar-refractivity contribution in [3.63, 3.8) is 0 Å². The minimum Gasteiger partial charge on any atom is -0.333 e. The lowest BCUT2D eigenvalue weighted by Gasteiger charge is -2.51. The Morgan fingerprint density at radius 1 is 1.18 bits per heavy atom. The topological polar surface area (TPSA) is 57.3 Å². The first-order chi connectivity index (χ1) is 13.8. The van der Waals surface area contributed by atoms with E-state index in [0.29, 0.717) is 12.0 Å². The third-order valence-corrected chi connectivity index (χ3v) is 7.12. The van der Waals surface area contributed by atoms with E-state index in [2.05, 4.69) is 38.7 Å². The van der Waals surface area contributed by atoms with E-state index in [-0.39, 0.29) is 12.1 Å². The number of rotatable bonds is 4. The molecule has 3 saturated heterocycles. The average molecular weight is 393 g/mol. The van der Waals surface area contributed by atoms with Crippen LogP contribution in [0.3, 0.4) is 0 Å². The van der Waals surface area contributed by atoms with Gasteiger partial charge in [-0.3, -0.25) is 9.88 Å². The third-order valence-electron chi connectivity index (χ3n) is 6.16. The lowest BCUT2D eigenvalue weighted by molar-refractivity contribution is 0.0184. The summed E-state index contributed by atoms with van der Waals surface area (Å²) in [5.41, 5.74) is 2.12. The first kappa shape index (κ1) is 17.6. The zero-order valence-corrected chi connectivity index (χ0v) is 16.5. The van der Waals surface area contributed by atoms with Gasteiger partial charge < -0.3 is 10.6 Å². The maximum absolute atomic E-state index is 12.8. The molecule has 2 bridgehead atoms. The molecule has 5 heterocycles. The molecule has 2 aromatic heterocycles. The SMILES string of the molecule is O=C(Nc1csc2ccccc12)NC1C2CCN(CC2)C1Cc1cccnc1. The molecule has 3 fully saturated rings. The predicted molar refractivity (Wildman–Crippen MR) is 114 cm³/mol. The highest BCUT2D eigenvalue weighted by atomic mass is 32.1. The molecule has 0 aliphatic carbocycles. The zero-order valence-electron chi connectivity index (χ0n) is 15.7. The maximum atomic E-state index is 12.8. The highest BCUT2D eigenvalue weighted by molar-refractivity contribution is 7.17. The highest BCUT2D eigenvalue weighted by Gasteiger charge is 2.42. The van der Waals surface area contributed by atoms with Crippen LogP contribution in [-0.4, -0.2) is 41.1 Å². The summed E-state index contributed by atoms with van der Waals surface area (Å²) < 4.78 is 1.19. The summed E-state index contributed by atoms with van der Waals surface area (Å²) >= 11 is 1.66. The van der Waals surface area contributed by atoms with Gasteiger partial charge in [0.2, 0.25) is 0 Å². The van der Waals surface area contributed by atoms with E-state index in [0.717, 1.165) is 43.4 Å². The number of benzene rings is 1. The second-order valence-corrected chi connectivity index (χ2v) is 8.69. The van der Waals surface area contributed by atoms with Crippen molar-refractivity contribution in [2.24, 2.45) is 5.92 Å². The predicted octanol–water partition coefficient (Wildman–Crippen LogP) is 4.12. The first-order valence-electron chi connectivity index (χ1n) is 9.94. The summed E-state index contributed by atoms with van der Waals surface area (Å²) in [5, 5.41) is 9.52. The van der Waals surface area contributed by atoms with Gasteiger partial charge in [0.05, 0.1) is 5.69 Å². The molecule has 3 aliphatic heterocycles. The molecule has 3 aromatic rings. The molecule has 0 spiro atoms. The van der Waals surface area contributed by atoms with E-state index in [1.165, 1.54) is 10.3 Å². The van der Waals surface area contributed by atoms with Gasteiger partial charge >= 0.3 is 6.03 Å². The van der Waals surface area contributed by atoms with Crippen molar-refractivity contribution in [1.29, 1.82) is 0 Å². The monoisotopic (exact) mass is 392 g/mol. The van der Waals surface area contributed by atoms with Crippen LogP contribution in [0.4, 0.5) is 10.5 Å². The van der Waals surface area contributed by atoms with E-state index in [1.807, 2.05) is 36.0 Å². The lowest BCUT2D eigenvalue weighted by Crippen LogP contribution is -2.64. The average Bonchev–Trinajstić information content (AvgIpc) is 3.14. The number of fused-ring (bicyclic) bond motifs is 4. The molecule has 144 valence electrons. The number of hydrogen-bond donors (Lipinski definition) is 2. The summed E-state index contributed by atoms with van der Waals surface area (Å²) in [4.78, 5) is 19.6. The van der Waals surface area contributed by atoms with Crippen LogP contribution in [0, 0.1) is 5.92 Å². The fourth-order valence-electron chi connectivity index (χ4n) is 4.77. The summed E-state index contributed by atoms with van der Waals surface area (Å²) in [7, 11) is 0. The van der Waals surface area contributed by atoms with Crippen molar-refractivity contribution in [3.8, 4) is 0 Å². The molecule has 6 heteroatoms. The van der Waals surface area contributed by atoms with Crippen LogP contribution in [0.5, 0.6) is 0 Å². The van der Waals surface area contributed by atoms with Crippen molar-refractivity contribution in [2.75, 3.05) is 18.4 Å². The number of amides is 2. The van der Waals surface area contributed by atoms with E-state index in [9.17, 15) is 4.79 Å². The Bertz CT molecular complexity index is 965. The summed E-state index contributed by atoms with van der Waals surface area (Å²) in [6, 6.07) is 12.7. The molecule has 2 N–H and O–H groups in total. The number of nitrogens with one attached hydrogen (secondary N) is 2. The standard InChI is InChI=1S/C22H24N4OS/c27-22(24-18-14-28-20-6-2-1-5-17(18)20)25-21-16-7-10-26(11-8-16)19(21)12-15-4-3-9-23-13-15/h1-6,9,13-14,16,19,21H,7-8,10-12H2,(H2,24,25,27). The smallest absolute Gasteiger partial charge is 0.319 e. The van der Waals surface area contributed by atoms with Gasteiger partial charge in [0.15, 0.2) is 0 Å². The number of carbonyl (C=O) groups excluding carboxylic acids is 1. The van der Waals surface area contributed by atoms with Crippen LogP contribution in [0.1, 0.15) is 18.4 Å². The minimum atomic E-state index is -0.0986. The first-order valence-corrected chi connectivity index (χ1v) is 10.8. The molecule has 5 nitrogen and oxygen atoms in total. The van der Waals surface area contributed by atoms with Gasteiger partial charge in [0, 0.05) is 39.9 Å². The number of thiophene rings is 1. The molecule has 0 radical (unpaired) electrons. The number of hydrogen-bond acceptors (Lipinski definition) is 4. The molecule has 2 atom stereocenters. The number of carbonyl (C=O) groups is 1. The van der Waals surface area contributed by atoms with Crippen molar-refractivity contribution in [3.05, 3.63) is 59.7 Å². The molecule has 6 rings (SSSR count). The van der Waals surface area contributed by atoms with Crippen LogP contribution < -0.4 is 10.6 Å². The number of anilines is 1. The summed E-state index contributed by atoms with van der Waals surface area (Å²) in [6.07, 6.45) is 7.01. The maximum Gasteiger partial charge on any atom is 0.319 e. The van der Waals surface area contributed by atoms with Gasteiger partial charge in [-0.1, -0.05) is 24.3 Å². The lowest BCUT2D eigenvalue weighted by atomic mass is 9.77. The van der Waals surface area contributed by atoms with Crippen molar-refractivity contribution >= 4 is 33.1 Å². The van der Waals surface area contributed by atoms with Crippen molar-refractivity contribution in [1.82, 2.24) is 15.2 Å². The fourth-order valence-corrected chi connectivity index (χ4v) is 5.66. The molecule has 2 amide bonds. The Hall–Kier alpha value is -2.44. The number of pyridine rings is 1. The Morgan fingerprint density at radius 3 is 2.86 bits per heavy atom. The van der Waals surface area contributed by atoms with Gasteiger partial charge in [-0.25, -0.2) is 4.79 Å². The van der Waals surface area contributed by atoms with Crippen LogP contribution in [0.15, 0.2) is 54.2 Å². The number of nitrogens with zero attached hydrogens (tertiary/aromatic N) is 2. The third kappa shape index (κ3) is 3.38. The molecular formula is C22H24N4OS. The van der Waals surface area contributed by atoms with Crippen LogP contribution in [0.2, 0.25) is 0 Å². The quantitative estimate of drug-likeness (QED) is 0.702. The van der Waals surface area contributed by atoms with Gasteiger partial charge in [-0.05, 0) is 56.0 Å². The van der Waals surface area contributed by atoms with E-state index >= 15 is 0 Å². The number of piperidine rings is 3. The largest absolute Gasteiger partial charge is 0.333 e. The molecule has 28 heavy (non-hydrogen) atoms. The Kier molecular flexibility index (Phi) is 4.74. The van der Waals surface area contributed by atoms with Crippen molar-refractivity contribution in [2.45, 2.75) is 31.3 Å². The normalized spacial score (nSPS) is 26.3. The number of aromatic nitrogens is 1. The van der Waals surface area contributed by atoms with Gasteiger partial charge in [-0.15, -0.1) is 11.3 Å². The van der Waals surface area contributed by atoms with Crippen LogP contribution in [0.25, 0.3) is 10.1 Å². The molecule has 3 aliphatic rings. The summed E-state index contributed by atoms with van der Waals surface area (Å²) in [5.74, 6) is 0.552. The second-order valence-electron chi connectivity index (χ2n) is 7.78. The van der Waals surface area contributed by atoms with Crippen LogP contribution in [-0.2, 0) is 6.42 Å². The number of urea groups is 1. The zero-order chi connectivity index (χ0) is 18.9. The van der Waals surface area contributed by atoms with Gasteiger partial charge in [0.25, 0.3) is 0 Å². The van der Waals surface area contributed by atoms with Crippen LogP contribution >= 0.6 is 11.3 Å². The Balaban J connectivity index is 1.32. The van der Waals surface area contributed by atoms with Gasteiger partial charge in [0.1, 0.15) is 0 Å². The van der Waals surface area contributed by atoms with E-state index < -0.39 is 0 Å². The second kappa shape index (κ2) is 7.53. The Morgan fingerprint density at radius 2 is 2.04 bits per heavy atom. The van der Waals surface area contributed by atoms with Gasteiger partial charge in [-0.2, -0.15) is 0 Å². The molecule has 1 aromatic carbocycles. The highest BCUT2D eigenvalue weighted by Crippen LogP contribution is 2.34. The fraction of sp³-hybridized carbons (Fsp3) is 0.364. The molecule has 0 saturated carbocycles.